The molecule has 0 aliphatic rings. The molecule has 0 radical (unpaired) electrons. The van der Waals surface area contributed by atoms with Crippen molar-refractivity contribution in [3.05, 3.63) is 180 Å². The molecule has 6 rings (SSSR count). The summed E-state index contributed by atoms with van der Waals surface area (Å²) in [6.07, 6.45) is 0. The van der Waals surface area contributed by atoms with Crippen LogP contribution in [0.25, 0.3) is 0 Å². The molecule has 0 heterocycles. The van der Waals surface area contributed by atoms with Crippen LogP contribution in [0.2, 0.25) is 0 Å². The fraction of sp³-hybridized carbons (Fsp3) is 0.0769. The zero-order chi connectivity index (χ0) is 31.2. The number of benzene rings is 6. The molecule has 0 spiro atoms. The summed E-state index contributed by atoms with van der Waals surface area (Å²) in [4.78, 5) is 0. The van der Waals surface area contributed by atoms with E-state index in [0.717, 1.165) is 33.9 Å². The Morgan fingerprint density at radius 2 is 0.522 bits per heavy atom. The van der Waals surface area contributed by atoms with E-state index in [0.29, 0.717) is 37.1 Å². The summed E-state index contributed by atoms with van der Waals surface area (Å²) in [5.74, 6) is 3.86. The summed E-state index contributed by atoms with van der Waals surface area (Å²) in [5, 5.41) is 0. The molecule has 6 aromatic carbocycles. The van der Waals surface area contributed by atoms with Gasteiger partial charge in [0, 0.05) is 0 Å². The van der Waals surface area contributed by atoms with E-state index in [1.165, 1.54) is 0 Å². The molecular weight excluding hydrogens is 575 g/mol. The maximum absolute atomic E-state index is 6.15. The highest BCUT2D eigenvalue weighted by atomic mass is 16.7. The number of hydrogen-bond donors (Lipinski definition) is 0. The molecule has 0 aromatic heterocycles. The Kier molecular flexibility index (Phi) is 10.4. The van der Waals surface area contributed by atoms with E-state index in [4.69, 9.17) is 28.2 Å². The highest BCUT2D eigenvalue weighted by molar-refractivity contribution is 6.39. The van der Waals surface area contributed by atoms with Crippen LogP contribution in [0, 0.1) is 0 Å². The van der Waals surface area contributed by atoms with Gasteiger partial charge in [-0.2, -0.15) is 0 Å². The van der Waals surface area contributed by atoms with Crippen LogP contribution < -0.4 is 28.2 Å². The first-order valence-electron chi connectivity index (χ1n) is 15.1. The largest absolute Gasteiger partial charge is 0.864 e. The molecule has 46 heavy (non-hydrogen) atoms. The van der Waals surface area contributed by atoms with E-state index in [1.54, 1.807) is 0 Å². The molecule has 0 atom stereocenters. The van der Waals surface area contributed by atoms with Gasteiger partial charge >= 0.3 is 7.32 Å². The van der Waals surface area contributed by atoms with Crippen molar-refractivity contribution in [3.8, 4) is 34.5 Å². The van der Waals surface area contributed by atoms with E-state index >= 15 is 0 Å². The molecule has 0 amide bonds. The van der Waals surface area contributed by atoms with Gasteiger partial charge in [-0.3, -0.25) is 0 Å². The Morgan fingerprint density at radius 3 is 0.783 bits per heavy atom. The molecule has 7 heteroatoms. The van der Waals surface area contributed by atoms with E-state index in [-0.39, 0.29) is 0 Å². The highest BCUT2D eigenvalue weighted by Gasteiger charge is 2.30. The SMILES string of the molecule is c1ccc(COc2ccc(OB(Oc3ccc(OCc4ccccc4)cc3)Oc3ccc(OCc4ccccc4)cc3)cc2)cc1. The lowest BCUT2D eigenvalue weighted by molar-refractivity contribution is 0.296. The van der Waals surface area contributed by atoms with Gasteiger partial charge in [-0.05, 0) is 89.5 Å². The number of hydrogen-bond acceptors (Lipinski definition) is 6. The van der Waals surface area contributed by atoms with Crippen LogP contribution in [0.1, 0.15) is 16.7 Å². The van der Waals surface area contributed by atoms with Crippen molar-refractivity contribution in [2.45, 2.75) is 19.8 Å². The van der Waals surface area contributed by atoms with Gasteiger partial charge in [0.25, 0.3) is 0 Å². The minimum absolute atomic E-state index is 0.478. The summed E-state index contributed by atoms with van der Waals surface area (Å²) in [7, 11) is -1.08. The monoisotopic (exact) mass is 608 g/mol. The van der Waals surface area contributed by atoms with Crippen LogP contribution in [0.5, 0.6) is 34.5 Å². The molecule has 6 aromatic rings. The zero-order valence-corrected chi connectivity index (χ0v) is 25.2. The van der Waals surface area contributed by atoms with Gasteiger partial charge in [-0.15, -0.1) is 0 Å². The Labute approximate surface area is 269 Å². The van der Waals surface area contributed by atoms with Crippen LogP contribution in [0.3, 0.4) is 0 Å². The third-order valence-electron chi connectivity index (χ3n) is 6.91. The minimum Gasteiger partial charge on any atom is -0.490 e. The fourth-order valence-electron chi connectivity index (χ4n) is 4.47. The van der Waals surface area contributed by atoms with Gasteiger partial charge in [0.1, 0.15) is 54.3 Å². The third kappa shape index (κ3) is 9.34. The molecule has 0 N–H and O–H groups in total. The summed E-state index contributed by atoms with van der Waals surface area (Å²) in [5.41, 5.74) is 3.29. The normalized spacial score (nSPS) is 10.4. The molecule has 228 valence electrons. The predicted molar refractivity (Wildman–Crippen MR) is 179 cm³/mol. The molecule has 0 unspecified atom stereocenters. The average molecular weight is 608 g/mol. The summed E-state index contributed by atoms with van der Waals surface area (Å²) in [6.45, 7) is 1.43. The summed E-state index contributed by atoms with van der Waals surface area (Å²) >= 11 is 0. The van der Waals surface area contributed by atoms with Gasteiger partial charge in [-0.25, -0.2) is 0 Å². The Bertz CT molecular complexity index is 1520. The fourth-order valence-corrected chi connectivity index (χ4v) is 4.47. The highest BCUT2D eigenvalue weighted by Crippen LogP contribution is 2.25. The molecule has 0 bridgehead atoms. The van der Waals surface area contributed by atoms with Crippen molar-refractivity contribution in [2.24, 2.45) is 0 Å². The third-order valence-corrected chi connectivity index (χ3v) is 6.91. The number of rotatable bonds is 15. The molecule has 0 saturated heterocycles. The lowest BCUT2D eigenvalue weighted by atomic mass is 10.2. The van der Waals surface area contributed by atoms with Crippen molar-refractivity contribution in [1.29, 1.82) is 0 Å². The lowest BCUT2D eigenvalue weighted by Crippen LogP contribution is -2.36. The van der Waals surface area contributed by atoms with Gasteiger partial charge < -0.3 is 28.2 Å². The number of ether oxygens (including phenoxy) is 3. The van der Waals surface area contributed by atoms with Gasteiger partial charge in [-0.1, -0.05) is 91.0 Å². The van der Waals surface area contributed by atoms with E-state index in [9.17, 15) is 0 Å². The topological polar surface area (TPSA) is 55.4 Å². The van der Waals surface area contributed by atoms with Crippen LogP contribution >= 0.6 is 0 Å². The Balaban J connectivity index is 1.10. The maximum Gasteiger partial charge on any atom is 0.864 e. The van der Waals surface area contributed by atoms with Crippen LogP contribution in [-0.4, -0.2) is 7.32 Å². The van der Waals surface area contributed by atoms with Gasteiger partial charge in [0.2, 0.25) is 0 Å². The second-order valence-corrected chi connectivity index (χ2v) is 10.4. The smallest absolute Gasteiger partial charge is 0.490 e. The van der Waals surface area contributed by atoms with Crippen LogP contribution in [-0.2, 0) is 19.8 Å². The first-order valence-corrected chi connectivity index (χ1v) is 15.1. The summed E-state index contributed by atoms with van der Waals surface area (Å²) < 4.78 is 36.2. The van der Waals surface area contributed by atoms with Crippen molar-refractivity contribution >= 4 is 7.32 Å². The quantitative estimate of drug-likeness (QED) is 0.109. The standard InChI is InChI=1S/C39H33BO6/c1-4-10-31(11-5-1)28-41-34-16-22-37(23-17-34)44-40(45-38-24-18-35(19-25-38)42-29-32-12-6-2-7-13-32)46-39-26-20-36(21-27-39)43-30-33-14-8-3-9-15-33/h1-27H,28-30H2. The lowest BCUT2D eigenvalue weighted by Gasteiger charge is -2.17. The van der Waals surface area contributed by atoms with Crippen LogP contribution in [0.15, 0.2) is 164 Å². The molecule has 0 saturated carbocycles. The second-order valence-electron chi connectivity index (χ2n) is 10.4. The van der Waals surface area contributed by atoms with Crippen LogP contribution in [0.4, 0.5) is 0 Å². The predicted octanol–water partition coefficient (Wildman–Crippen LogP) is 8.95. The molecule has 0 fully saturated rings. The first-order chi connectivity index (χ1) is 22.7. The van der Waals surface area contributed by atoms with Crippen molar-refractivity contribution < 1.29 is 28.2 Å². The first kappa shape index (κ1) is 30.2. The molecule has 6 nitrogen and oxygen atoms in total. The second kappa shape index (κ2) is 15.8. The van der Waals surface area contributed by atoms with E-state index in [2.05, 4.69) is 0 Å². The average Bonchev–Trinajstić information content (AvgIpc) is 3.12. The molecule has 0 aliphatic heterocycles. The van der Waals surface area contributed by atoms with E-state index < -0.39 is 7.32 Å². The Morgan fingerprint density at radius 1 is 0.283 bits per heavy atom. The van der Waals surface area contributed by atoms with E-state index in [1.807, 2.05) is 164 Å². The van der Waals surface area contributed by atoms with Crippen molar-refractivity contribution in [1.82, 2.24) is 0 Å². The maximum atomic E-state index is 6.15. The van der Waals surface area contributed by atoms with Crippen molar-refractivity contribution in [3.63, 3.8) is 0 Å². The molecular formula is C39H33BO6. The Hall–Kier alpha value is -5.82. The van der Waals surface area contributed by atoms with Gasteiger partial charge in [0.05, 0.1) is 0 Å². The van der Waals surface area contributed by atoms with Crippen molar-refractivity contribution in [2.75, 3.05) is 0 Å². The minimum atomic E-state index is -1.08. The summed E-state index contributed by atoms with van der Waals surface area (Å²) in [6, 6.07) is 52.1. The molecule has 0 aliphatic carbocycles. The van der Waals surface area contributed by atoms with Gasteiger partial charge in [0.15, 0.2) is 0 Å². The zero-order valence-electron chi connectivity index (χ0n) is 25.2.